The van der Waals surface area contributed by atoms with Crippen molar-refractivity contribution in [3.63, 3.8) is 0 Å². The van der Waals surface area contributed by atoms with Gasteiger partial charge in [0, 0.05) is 0 Å². The predicted octanol–water partition coefficient (Wildman–Crippen LogP) is 2.49. The highest BCUT2D eigenvalue weighted by Gasteiger charge is 2.54. The molecule has 1 aliphatic heterocycles. The van der Waals surface area contributed by atoms with Gasteiger partial charge in [-0.05, 0) is 26.7 Å². The van der Waals surface area contributed by atoms with E-state index in [0.717, 1.165) is 12.8 Å². The van der Waals surface area contributed by atoms with E-state index >= 15 is 0 Å². The van der Waals surface area contributed by atoms with E-state index in [4.69, 9.17) is 9.47 Å². The van der Waals surface area contributed by atoms with Gasteiger partial charge in [-0.25, -0.2) is 4.79 Å². The van der Waals surface area contributed by atoms with E-state index in [0.29, 0.717) is 0 Å². The van der Waals surface area contributed by atoms with E-state index in [9.17, 15) is 4.79 Å². The molecule has 12 heavy (non-hydrogen) atoms. The molecule has 0 spiro atoms. The van der Waals surface area contributed by atoms with Crippen LogP contribution in [-0.2, 0) is 9.47 Å². The number of hydrogen-bond acceptors (Lipinski definition) is 3. The fourth-order valence-corrected chi connectivity index (χ4v) is 1.85. The lowest BCUT2D eigenvalue weighted by atomic mass is 9.81. The van der Waals surface area contributed by atoms with Crippen LogP contribution in [0, 0.1) is 0 Å². The van der Waals surface area contributed by atoms with Crippen molar-refractivity contribution in [3.05, 3.63) is 0 Å². The third kappa shape index (κ3) is 1.08. The fourth-order valence-electron chi connectivity index (χ4n) is 1.85. The predicted molar refractivity (Wildman–Crippen MR) is 45.0 cm³/mol. The first-order valence-corrected chi connectivity index (χ1v) is 4.39. The van der Waals surface area contributed by atoms with Crippen LogP contribution >= 0.6 is 0 Å². The molecule has 0 amide bonds. The van der Waals surface area contributed by atoms with Crippen molar-refractivity contribution < 1.29 is 14.3 Å². The number of rotatable bonds is 2. The minimum absolute atomic E-state index is 0.427. The second kappa shape index (κ2) is 2.64. The van der Waals surface area contributed by atoms with Crippen LogP contribution in [0.5, 0.6) is 0 Å². The maximum atomic E-state index is 10.9. The van der Waals surface area contributed by atoms with Gasteiger partial charge in [-0.1, -0.05) is 13.8 Å². The normalized spacial score (nSPS) is 24.8. The summed E-state index contributed by atoms with van der Waals surface area (Å²) < 4.78 is 10.3. The Morgan fingerprint density at radius 3 is 1.83 bits per heavy atom. The highest BCUT2D eigenvalue weighted by molar-refractivity contribution is 5.64. The summed E-state index contributed by atoms with van der Waals surface area (Å²) in [7, 11) is 0. The summed E-state index contributed by atoms with van der Waals surface area (Å²) in [5.41, 5.74) is -0.919. The molecule has 70 valence electrons. The Bertz CT molecular complexity index is 192. The third-order valence-corrected chi connectivity index (χ3v) is 2.86. The van der Waals surface area contributed by atoms with Crippen LogP contribution in [0.2, 0.25) is 0 Å². The lowest BCUT2D eigenvalue weighted by Crippen LogP contribution is -2.46. The SMILES string of the molecule is CCC1(CC)OC(=O)OC1(C)C. The second-order valence-electron chi connectivity index (χ2n) is 3.67. The van der Waals surface area contributed by atoms with Crippen LogP contribution in [0.4, 0.5) is 4.79 Å². The molecule has 0 atom stereocenters. The van der Waals surface area contributed by atoms with Crippen molar-refractivity contribution in [1.29, 1.82) is 0 Å². The molecular weight excluding hydrogens is 156 g/mol. The summed E-state index contributed by atoms with van der Waals surface area (Å²) in [6.45, 7) is 7.80. The van der Waals surface area contributed by atoms with Crippen molar-refractivity contribution in [1.82, 2.24) is 0 Å². The second-order valence-corrected chi connectivity index (χ2v) is 3.67. The van der Waals surface area contributed by atoms with Gasteiger partial charge in [0.15, 0.2) is 5.60 Å². The third-order valence-electron chi connectivity index (χ3n) is 2.86. The zero-order valence-electron chi connectivity index (χ0n) is 8.14. The van der Waals surface area contributed by atoms with Gasteiger partial charge in [0.1, 0.15) is 5.60 Å². The topological polar surface area (TPSA) is 35.5 Å². The monoisotopic (exact) mass is 172 g/mol. The minimum atomic E-state index is -0.538. The van der Waals surface area contributed by atoms with Gasteiger partial charge in [-0.15, -0.1) is 0 Å². The van der Waals surface area contributed by atoms with Crippen molar-refractivity contribution in [2.45, 2.75) is 51.7 Å². The minimum Gasteiger partial charge on any atom is -0.424 e. The zero-order valence-corrected chi connectivity index (χ0v) is 8.14. The molecule has 0 bridgehead atoms. The van der Waals surface area contributed by atoms with Gasteiger partial charge >= 0.3 is 6.16 Å². The number of cyclic esters (lactones) is 2. The molecule has 0 aromatic carbocycles. The Labute approximate surface area is 73.0 Å². The lowest BCUT2D eigenvalue weighted by molar-refractivity contribution is -0.0301. The van der Waals surface area contributed by atoms with E-state index in [-0.39, 0.29) is 0 Å². The van der Waals surface area contributed by atoms with Crippen molar-refractivity contribution in [3.8, 4) is 0 Å². The molecule has 1 aliphatic rings. The molecule has 3 nitrogen and oxygen atoms in total. The molecule has 0 radical (unpaired) electrons. The van der Waals surface area contributed by atoms with Crippen LogP contribution in [0.1, 0.15) is 40.5 Å². The van der Waals surface area contributed by atoms with E-state index in [1.54, 1.807) is 0 Å². The maximum absolute atomic E-state index is 10.9. The summed E-state index contributed by atoms with van der Waals surface area (Å²) in [5, 5.41) is 0. The van der Waals surface area contributed by atoms with Gasteiger partial charge in [0.2, 0.25) is 0 Å². The highest BCUT2D eigenvalue weighted by Crippen LogP contribution is 2.41. The Hall–Kier alpha value is -0.730. The first kappa shape index (κ1) is 9.36. The average Bonchev–Trinajstić information content (AvgIpc) is 2.20. The van der Waals surface area contributed by atoms with Crippen LogP contribution in [0.3, 0.4) is 0 Å². The number of hydrogen-bond donors (Lipinski definition) is 0. The van der Waals surface area contributed by atoms with Crippen LogP contribution in [0.25, 0.3) is 0 Å². The van der Waals surface area contributed by atoms with Crippen LogP contribution in [0.15, 0.2) is 0 Å². The van der Waals surface area contributed by atoms with Crippen molar-refractivity contribution in [2.75, 3.05) is 0 Å². The smallest absolute Gasteiger partial charge is 0.424 e. The van der Waals surface area contributed by atoms with E-state index in [1.807, 2.05) is 27.7 Å². The van der Waals surface area contributed by atoms with Crippen LogP contribution in [-0.4, -0.2) is 17.4 Å². The first-order chi connectivity index (χ1) is 5.47. The summed E-state index contributed by atoms with van der Waals surface area (Å²) >= 11 is 0. The summed E-state index contributed by atoms with van der Waals surface area (Å²) in [6, 6.07) is 0. The molecule has 0 N–H and O–H groups in total. The molecule has 0 saturated carbocycles. The quantitative estimate of drug-likeness (QED) is 0.600. The van der Waals surface area contributed by atoms with E-state index < -0.39 is 17.4 Å². The average molecular weight is 172 g/mol. The number of carbonyl (C=O) groups excluding carboxylic acids is 1. The molecular formula is C9H16O3. The largest absolute Gasteiger partial charge is 0.509 e. The molecule has 0 aromatic rings. The fraction of sp³-hybridized carbons (Fsp3) is 0.889. The van der Waals surface area contributed by atoms with Gasteiger partial charge in [0.25, 0.3) is 0 Å². The Morgan fingerprint density at radius 2 is 1.67 bits per heavy atom. The number of carbonyl (C=O) groups is 1. The molecule has 0 aliphatic carbocycles. The van der Waals surface area contributed by atoms with Crippen molar-refractivity contribution >= 4 is 6.16 Å². The molecule has 1 heterocycles. The molecule has 1 saturated heterocycles. The standard InChI is InChI=1S/C9H16O3/c1-5-9(6-2)8(3,4)11-7(10)12-9/h5-6H2,1-4H3. The highest BCUT2D eigenvalue weighted by atomic mass is 16.8. The lowest BCUT2D eigenvalue weighted by Gasteiger charge is -2.34. The zero-order chi connectivity index (χ0) is 9.41. The van der Waals surface area contributed by atoms with E-state index in [2.05, 4.69) is 0 Å². The summed E-state index contributed by atoms with van der Waals surface area (Å²) in [4.78, 5) is 10.9. The summed E-state index contributed by atoms with van der Waals surface area (Å²) in [6.07, 6.45) is 1.05. The molecule has 1 fully saturated rings. The Morgan fingerprint density at radius 1 is 1.17 bits per heavy atom. The van der Waals surface area contributed by atoms with Crippen molar-refractivity contribution in [2.24, 2.45) is 0 Å². The van der Waals surface area contributed by atoms with Gasteiger partial charge < -0.3 is 9.47 Å². The Kier molecular flexibility index (Phi) is 2.06. The van der Waals surface area contributed by atoms with Crippen LogP contribution < -0.4 is 0 Å². The first-order valence-electron chi connectivity index (χ1n) is 4.39. The molecule has 3 heteroatoms. The number of ether oxygens (including phenoxy) is 2. The van der Waals surface area contributed by atoms with Gasteiger partial charge in [0.05, 0.1) is 0 Å². The summed E-state index contributed by atoms with van der Waals surface area (Å²) in [5.74, 6) is 0. The Balaban J connectivity index is 2.94. The van der Waals surface area contributed by atoms with Gasteiger partial charge in [-0.3, -0.25) is 0 Å². The van der Waals surface area contributed by atoms with E-state index in [1.165, 1.54) is 0 Å². The molecule has 0 aromatic heterocycles. The maximum Gasteiger partial charge on any atom is 0.509 e. The molecule has 0 unspecified atom stereocenters. The molecule has 1 rings (SSSR count). The van der Waals surface area contributed by atoms with Gasteiger partial charge in [-0.2, -0.15) is 0 Å².